The van der Waals surface area contributed by atoms with Crippen LogP contribution >= 0.6 is 0 Å². The molecule has 3 N–H and O–H groups in total. The Bertz CT molecular complexity index is 3120. The van der Waals surface area contributed by atoms with Gasteiger partial charge in [0, 0.05) is 48.8 Å². The highest BCUT2D eigenvalue weighted by Gasteiger charge is 2.45. The minimum absolute atomic E-state index is 0.00430. The molecule has 18 heteroatoms. The second-order valence-electron chi connectivity index (χ2n) is 16.5. The Kier molecular flexibility index (Phi) is 13.6. The first kappa shape index (κ1) is 46.5. The number of hydrogen-bond acceptors (Lipinski definition) is 12. The monoisotopic (exact) mass is 925 g/mol. The van der Waals surface area contributed by atoms with Crippen molar-refractivity contribution in [3.05, 3.63) is 117 Å². The van der Waals surface area contributed by atoms with Crippen molar-refractivity contribution >= 4 is 68.6 Å². The van der Waals surface area contributed by atoms with E-state index in [1.807, 2.05) is 19.1 Å². The smallest absolute Gasteiger partial charge is 0.264 e. The normalized spacial score (nSPS) is 14.5. The van der Waals surface area contributed by atoms with E-state index < -0.39 is 46.8 Å². The lowest BCUT2D eigenvalue weighted by Gasteiger charge is -2.27. The molecule has 1 atom stereocenters. The van der Waals surface area contributed by atoms with Crippen LogP contribution in [0.3, 0.4) is 0 Å². The molecule has 8 rings (SSSR count). The number of amides is 6. The second kappa shape index (κ2) is 19.8. The number of methoxy groups -OCH3 is 1. The van der Waals surface area contributed by atoms with Gasteiger partial charge in [0.25, 0.3) is 17.7 Å². The number of nitrogens with one attached hydrogen (secondary N) is 3. The van der Waals surface area contributed by atoms with Gasteiger partial charge in [-0.2, -0.15) is 0 Å². The molecule has 1 fully saturated rings. The highest BCUT2D eigenvalue weighted by Crippen LogP contribution is 2.37. The summed E-state index contributed by atoms with van der Waals surface area (Å²) < 4.78 is 34.9. The lowest BCUT2D eigenvalue weighted by atomic mass is 10.0. The van der Waals surface area contributed by atoms with Gasteiger partial charge in [-0.05, 0) is 80.6 Å². The van der Waals surface area contributed by atoms with Gasteiger partial charge in [0.1, 0.15) is 17.9 Å². The molecule has 0 bridgehead atoms. The quantitative estimate of drug-likeness (QED) is 0.0607. The van der Waals surface area contributed by atoms with Crippen molar-refractivity contribution in [3.63, 3.8) is 0 Å². The molecule has 17 nitrogen and oxygen atoms in total. The summed E-state index contributed by atoms with van der Waals surface area (Å²) >= 11 is 0. The number of imide groups is 2. The number of fused-ring (bicyclic) bond motifs is 3. The number of aryl methyl sites for hydroxylation is 2. The summed E-state index contributed by atoms with van der Waals surface area (Å²) in [5.74, 6) is -3.58. The Morgan fingerprint density at radius 2 is 1.66 bits per heavy atom. The van der Waals surface area contributed by atoms with Crippen LogP contribution < -0.4 is 35.6 Å². The highest BCUT2D eigenvalue weighted by atomic mass is 19.1. The number of nitrogens with zero attached hydrogens (tertiary/aromatic N) is 4. The fourth-order valence-electron chi connectivity index (χ4n) is 8.48. The van der Waals surface area contributed by atoms with Crippen molar-refractivity contribution in [3.8, 4) is 23.1 Å². The Morgan fingerprint density at radius 3 is 2.43 bits per heavy atom. The van der Waals surface area contributed by atoms with Gasteiger partial charge in [0.2, 0.25) is 29.0 Å². The molecule has 4 heterocycles. The van der Waals surface area contributed by atoms with Crippen LogP contribution in [-0.2, 0) is 27.9 Å². The van der Waals surface area contributed by atoms with E-state index in [1.165, 1.54) is 37.7 Å². The van der Waals surface area contributed by atoms with Crippen molar-refractivity contribution in [2.45, 2.75) is 77.7 Å². The average molecular weight is 926 g/mol. The fourth-order valence-corrected chi connectivity index (χ4v) is 8.48. The van der Waals surface area contributed by atoms with Crippen LogP contribution in [0.2, 0.25) is 0 Å². The third-order valence-corrected chi connectivity index (χ3v) is 12.2. The maximum atomic E-state index is 15.6. The first-order chi connectivity index (χ1) is 32.8. The Balaban J connectivity index is 0.814. The summed E-state index contributed by atoms with van der Waals surface area (Å²) in [5.41, 5.74) is 2.58. The number of unbranched alkanes of at least 4 members (excludes halogenated alkanes) is 4. The van der Waals surface area contributed by atoms with Gasteiger partial charge >= 0.3 is 0 Å². The van der Waals surface area contributed by atoms with Crippen molar-refractivity contribution in [2.75, 3.05) is 24.4 Å². The van der Waals surface area contributed by atoms with Crippen LogP contribution in [0.1, 0.15) is 101 Å². The Labute approximate surface area is 389 Å². The van der Waals surface area contributed by atoms with Crippen LogP contribution in [0.5, 0.6) is 23.1 Å². The van der Waals surface area contributed by atoms with E-state index in [9.17, 15) is 33.6 Å². The van der Waals surface area contributed by atoms with E-state index in [0.717, 1.165) is 42.2 Å². The molecular formula is C50H48FN7O10. The summed E-state index contributed by atoms with van der Waals surface area (Å²) in [6.45, 7) is 4.04. The number of halogens is 1. The van der Waals surface area contributed by atoms with Gasteiger partial charge < -0.3 is 29.4 Å². The van der Waals surface area contributed by atoms with Gasteiger partial charge in [-0.15, -0.1) is 0 Å². The fraction of sp³-hybridized carbons (Fsp3) is 0.300. The lowest BCUT2D eigenvalue weighted by Crippen LogP contribution is -2.54. The summed E-state index contributed by atoms with van der Waals surface area (Å²) in [4.78, 5) is 99.8. The summed E-state index contributed by atoms with van der Waals surface area (Å²) in [6.07, 6.45) is 5.90. The SMILES string of the molecule is CCc1ccc2c(c1)c(=O)c(C(=O)Nc1ccc(Oc3ncnc4cc(OCCCCCCCC(=O)Nc5cccc6c5C(=O)N(C5CCC(=O)NC5=O)C6=O)c(OC)cc34)c(F)c1)c(C)n2C. The number of ether oxygens (including phenoxy) is 3. The molecule has 68 heavy (non-hydrogen) atoms. The first-order valence-corrected chi connectivity index (χ1v) is 22.3. The van der Waals surface area contributed by atoms with E-state index in [2.05, 4.69) is 25.9 Å². The number of rotatable bonds is 17. The zero-order valence-corrected chi connectivity index (χ0v) is 37.8. The first-order valence-electron chi connectivity index (χ1n) is 22.3. The summed E-state index contributed by atoms with van der Waals surface area (Å²) in [6, 6.07) is 16.3. The molecular weight excluding hydrogens is 878 g/mol. The number of piperidine rings is 1. The predicted molar refractivity (Wildman–Crippen MR) is 249 cm³/mol. The van der Waals surface area contributed by atoms with Crippen LogP contribution in [0, 0.1) is 12.7 Å². The number of carbonyl (C=O) groups is 6. The molecule has 4 aromatic carbocycles. The van der Waals surface area contributed by atoms with Gasteiger partial charge in [0.15, 0.2) is 23.1 Å². The minimum atomic E-state index is -1.11. The number of pyridine rings is 1. The zero-order valence-electron chi connectivity index (χ0n) is 37.8. The predicted octanol–water partition coefficient (Wildman–Crippen LogP) is 7.30. The Hall–Kier alpha value is -8.02. The number of carbonyl (C=O) groups excluding carboxylic acids is 6. The molecule has 0 aliphatic carbocycles. The van der Waals surface area contributed by atoms with E-state index in [0.29, 0.717) is 58.4 Å². The van der Waals surface area contributed by atoms with Gasteiger partial charge in [-0.3, -0.25) is 43.8 Å². The molecule has 0 radical (unpaired) electrons. The molecule has 0 saturated carbocycles. The maximum Gasteiger partial charge on any atom is 0.264 e. The molecule has 6 aromatic rings. The lowest BCUT2D eigenvalue weighted by molar-refractivity contribution is -0.136. The maximum absolute atomic E-state index is 15.6. The number of anilines is 2. The molecule has 0 spiro atoms. The Morgan fingerprint density at radius 1 is 0.868 bits per heavy atom. The van der Waals surface area contributed by atoms with Crippen molar-refractivity contribution in [2.24, 2.45) is 7.05 Å². The van der Waals surface area contributed by atoms with E-state index in [1.54, 1.807) is 42.8 Å². The number of benzene rings is 4. The zero-order chi connectivity index (χ0) is 48.2. The highest BCUT2D eigenvalue weighted by molar-refractivity contribution is 6.26. The van der Waals surface area contributed by atoms with E-state index in [-0.39, 0.29) is 64.9 Å². The summed E-state index contributed by atoms with van der Waals surface area (Å²) in [5, 5.41) is 8.43. The average Bonchev–Trinajstić information content (AvgIpc) is 3.58. The van der Waals surface area contributed by atoms with Crippen molar-refractivity contribution in [1.82, 2.24) is 24.8 Å². The number of hydrogen-bond donors (Lipinski definition) is 3. The molecule has 2 aliphatic heterocycles. The topological polar surface area (TPSA) is 217 Å². The van der Waals surface area contributed by atoms with E-state index in [4.69, 9.17) is 14.2 Å². The molecule has 1 unspecified atom stereocenters. The molecule has 6 amide bonds. The van der Waals surface area contributed by atoms with Gasteiger partial charge in [0.05, 0.1) is 47.0 Å². The molecule has 350 valence electrons. The molecule has 2 aromatic heterocycles. The second-order valence-corrected chi connectivity index (χ2v) is 16.5. The van der Waals surface area contributed by atoms with Crippen LogP contribution in [0.25, 0.3) is 21.8 Å². The van der Waals surface area contributed by atoms with E-state index >= 15 is 4.39 Å². The van der Waals surface area contributed by atoms with Crippen LogP contribution in [0.4, 0.5) is 15.8 Å². The van der Waals surface area contributed by atoms with Gasteiger partial charge in [-0.1, -0.05) is 38.3 Å². The standard InChI is InChI=1S/C50H48FN7O10/c1-5-28-15-17-36-32(22-28)45(61)43(27(2)57(36)3)47(63)54-29-16-19-38(33(51)23-29)68-48-31-24-39(66-4)40(25-35(31)52-26-53-48)67-21-10-8-6-7-9-14-41(59)55-34-13-11-12-30-44(34)50(65)58(49(30)64)37-18-20-42(60)56-46(37)62/h11-13,15-17,19,22-26,37H,5-10,14,18,20-21H2,1-4H3,(H,54,63)(H,55,59)(H,56,60,62). The number of aromatic nitrogens is 3. The van der Waals surface area contributed by atoms with Gasteiger partial charge in [-0.25, -0.2) is 14.4 Å². The summed E-state index contributed by atoms with van der Waals surface area (Å²) in [7, 11) is 3.27. The minimum Gasteiger partial charge on any atom is -0.493 e. The van der Waals surface area contributed by atoms with Crippen LogP contribution in [-0.4, -0.2) is 74.6 Å². The van der Waals surface area contributed by atoms with Crippen molar-refractivity contribution < 1.29 is 47.4 Å². The van der Waals surface area contributed by atoms with Crippen LogP contribution in [0.15, 0.2) is 77.9 Å². The third-order valence-electron chi connectivity index (χ3n) is 12.2. The third kappa shape index (κ3) is 9.34. The molecule has 1 saturated heterocycles. The largest absolute Gasteiger partial charge is 0.493 e. The van der Waals surface area contributed by atoms with Crippen molar-refractivity contribution in [1.29, 1.82) is 0 Å². The molecule has 2 aliphatic rings.